The Balaban J connectivity index is 2.31. The standard InChI is InChI=1S/C17H33N5S/c1-5-15-13-20-16(23-15)14-21-17(18-6-2)19-11-9-10-12-22(7-3)8-4/h13H,5-12,14H2,1-4H3,(H2,18,19,21). The fourth-order valence-electron chi connectivity index (χ4n) is 2.28. The Morgan fingerprint density at radius 3 is 2.57 bits per heavy atom. The summed E-state index contributed by atoms with van der Waals surface area (Å²) in [7, 11) is 0. The first-order valence-electron chi connectivity index (χ1n) is 8.91. The Bertz CT molecular complexity index is 440. The highest BCUT2D eigenvalue weighted by atomic mass is 32.1. The normalized spacial score (nSPS) is 12.0. The molecule has 0 unspecified atom stereocenters. The number of aromatic nitrogens is 1. The van der Waals surface area contributed by atoms with Crippen molar-refractivity contribution in [1.82, 2.24) is 20.5 Å². The van der Waals surface area contributed by atoms with Crippen molar-refractivity contribution in [2.24, 2.45) is 4.99 Å². The number of unbranched alkanes of at least 4 members (excludes halogenated alkanes) is 1. The second kappa shape index (κ2) is 12.3. The second-order valence-corrected chi connectivity index (χ2v) is 6.63. The van der Waals surface area contributed by atoms with Gasteiger partial charge in [-0.25, -0.2) is 9.98 Å². The van der Waals surface area contributed by atoms with E-state index in [1.54, 1.807) is 11.3 Å². The smallest absolute Gasteiger partial charge is 0.191 e. The van der Waals surface area contributed by atoms with Crippen molar-refractivity contribution in [3.8, 4) is 0 Å². The van der Waals surface area contributed by atoms with Crippen molar-refractivity contribution in [3.63, 3.8) is 0 Å². The highest BCUT2D eigenvalue weighted by molar-refractivity contribution is 7.11. The molecule has 0 radical (unpaired) electrons. The lowest BCUT2D eigenvalue weighted by Gasteiger charge is -2.17. The van der Waals surface area contributed by atoms with Crippen LogP contribution in [0.15, 0.2) is 11.2 Å². The van der Waals surface area contributed by atoms with E-state index in [0.29, 0.717) is 6.54 Å². The third-order valence-electron chi connectivity index (χ3n) is 3.75. The number of nitrogens with one attached hydrogen (secondary N) is 2. The first-order valence-corrected chi connectivity index (χ1v) is 9.73. The zero-order chi connectivity index (χ0) is 16.9. The predicted molar refractivity (Wildman–Crippen MR) is 101 cm³/mol. The van der Waals surface area contributed by atoms with Crippen LogP contribution in [0.4, 0.5) is 0 Å². The van der Waals surface area contributed by atoms with Crippen molar-refractivity contribution in [1.29, 1.82) is 0 Å². The van der Waals surface area contributed by atoms with E-state index in [0.717, 1.165) is 50.0 Å². The fourth-order valence-corrected chi connectivity index (χ4v) is 3.07. The summed E-state index contributed by atoms with van der Waals surface area (Å²) in [6.07, 6.45) is 5.40. The van der Waals surface area contributed by atoms with Gasteiger partial charge in [0.25, 0.3) is 0 Å². The van der Waals surface area contributed by atoms with E-state index in [1.165, 1.54) is 17.8 Å². The topological polar surface area (TPSA) is 52.6 Å². The van der Waals surface area contributed by atoms with Crippen molar-refractivity contribution in [2.45, 2.75) is 53.5 Å². The molecule has 6 heteroatoms. The molecular formula is C17H33N5S. The number of aliphatic imine (C=N–C) groups is 1. The molecule has 0 aliphatic heterocycles. The first kappa shape index (κ1) is 19.9. The Morgan fingerprint density at radius 1 is 1.17 bits per heavy atom. The molecule has 1 rings (SSSR count). The number of nitrogens with zero attached hydrogens (tertiary/aromatic N) is 3. The summed E-state index contributed by atoms with van der Waals surface area (Å²) in [5.41, 5.74) is 0. The van der Waals surface area contributed by atoms with E-state index in [4.69, 9.17) is 0 Å². The Morgan fingerprint density at radius 2 is 1.96 bits per heavy atom. The van der Waals surface area contributed by atoms with Crippen molar-refractivity contribution in [3.05, 3.63) is 16.1 Å². The minimum Gasteiger partial charge on any atom is -0.357 e. The van der Waals surface area contributed by atoms with Gasteiger partial charge in [-0.05, 0) is 45.8 Å². The van der Waals surface area contributed by atoms with E-state index < -0.39 is 0 Å². The van der Waals surface area contributed by atoms with E-state index in [2.05, 4.69) is 53.2 Å². The summed E-state index contributed by atoms with van der Waals surface area (Å²) in [4.78, 5) is 12.8. The van der Waals surface area contributed by atoms with Crippen molar-refractivity contribution in [2.75, 3.05) is 32.7 Å². The van der Waals surface area contributed by atoms with Gasteiger partial charge >= 0.3 is 0 Å². The lowest BCUT2D eigenvalue weighted by Crippen LogP contribution is -2.38. The van der Waals surface area contributed by atoms with Gasteiger partial charge in [-0.15, -0.1) is 11.3 Å². The average molecular weight is 340 g/mol. The van der Waals surface area contributed by atoms with Crippen molar-refractivity contribution >= 4 is 17.3 Å². The molecule has 5 nitrogen and oxygen atoms in total. The summed E-state index contributed by atoms with van der Waals surface area (Å²) >= 11 is 1.75. The quantitative estimate of drug-likeness (QED) is 0.370. The summed E-state index contributed by atoms with van der Waals surface area (Å²) in [5.74, 6) is 0.892. The van der Waals surface area contributed by atoms with Crippen LogP contribution >= 0.6 is 11.3 Å². The average Bonchev–Trinajstić information content (AvgIpc) is 3.04. The van der Waals surface area contributed by atoms with Gasteiger partial charge in [0, 0.05) is 24.2 Å². The molecule has 0 bridgehead atoms. The third kappa shape index (κ3) is 8.32. The molecule has 0 aliphatic rings. The molecule has 1 aromatic heterocycles. The minimum absolute atomic E-state index is 0.652. The monoisotopic (exact) mass is 339 g/mol. The van der Waals surface area contributed by atoms with E-state index >= 15 is 0 Å². The lowest BCUT2D eigenvalue weighted by atomic mass is 10.3. The van der Waals surface area contributed by atoms with E-state index in [1.807, 2.05) is 6.20 Å². The molecule has 0 aromatic carbocycles. The van der Waals surface area contributed by atoms with Crippen LogP contribution in [0.25, 0.3) is 0 Å². The molecule has 1 aromatic rings. The molecule has 132 valence electrons. The summed E-state index contributed by atoms with van der Waals surface area (Å²) in [6, 6.07) is 0. The van der Waals surface area contributed by atoms with Crippen molar-refractivity contribution < 1.29 is 0 Å². The Hall–Kier alpha value is -1.14. The Kier molecular flexibility index (Phi) is 10.6. The van der Waals surface area contributed by atoms with Gasteiger partial charge in [-0.3, -0.25) is 0 Å². The van der Waals surface area contributed by atoms with Gasteiger partial charge in [-0.1, -0.05) is 20.8 Å². The summed E-state index contributed by atoms with van der Waals surface area (Å²) < 4.78 is 0. The van der Waals surface area contributed by atoms with Crippen LogP contribution in [0.5, 0.6) is 0 Å². The number of aryl methyl sites for hydroxylation is 1. The zero-order valence-electron chi connectivity index (χ0n) is 15.2. The molecule has 2 N–H and O–H groups in total. The van der Waals surface area contributed by atoms with Gasteiger partial charge in [-0.2, -0.15) is 0 Å². The van der Waals surface area contributed by atoms with Crippen LogP contribution in [0.3, 0.4) is 0 Å². The highest BCUT2D eigenvalue weighted by Gasteiger charge is 2.02. The first-order chi connectivity index (χ1) is 11.2. The number of hydrogen-bond acceptors (Lipinski definition) is 4. The maximum absolute atomic E-state index is 4.63. The molecule has 1 heterocycles. The SMILES string of the molecule is CCNC(=NCc1ncc(CC)s1)NCCCCN(CC)CC. The van der Waals surface area contributed by atoms with Crippen LogP contribution < -0.4 is 10.6 Å². The van der Waals surface area contributed by atoms with Crippen LogP contribution in [0.1, 0.15) is 50.4 Å². The molecule has 0 amide bonds. The zero-order valence-corrected chi connectivity index (χ0v) is 16.0. The molecule has 23 heavy (non-hydrogen) atoms. The van der Waals surface area contributed by atoms with Gasteiger partial charge in [0.15, 0.2) is 5.96 Å². The Labute approximate surface area is 145 Å². The van der Waals surface area contributed by atoms with Crippen LogP contribution in [0.2, 0.25) is 0 Å². The van der Waals surface area contributed by atoms with Gasteiger partial charge in [0.1, 0.15) is 5.01 Å². The summed E-state index contributed by atoms with van der Waals surface area (Å²) in [6.45, 7) is 14.7. The molecule has 0 aliphatic carbocycles. The molecule has 0 saturated carbocycles. The molecule has 0 atom stereocenters. The minimum atomic E-state index is 0.652. The molecule has 0 fully saturated rings. The van der Waals surface area contributed by atoms with Gasteiger partial charge in [0.2, 0.25) is 0 Å². The number of thiazole rings is 1. The molecule has 0 saturated heterocycles. The fraction of sp³-hybridized carbons (Fsp3) is 0.765. The van der Waals surface area contributed by atoms with E-state index in [-0.39, 0.29) is 0 Å². The highest BCUT2D eigenvalue weighted by Crippen LogP contribution is 2.13. The number of rotatable bonds is 11. The molecular weight excluding hydrogens is 306 g/mol. The lowest BCUT2D eigenvalue weighted by molar-refractivity contribution is 0.297. The van der Waals surface area contributed by atoms with E-state index in [9.17, 15) is 0 Å². The molecule has 0 spiro atoms. The number of guanidine groups is 1. The largest absolute Gasteiger partial charge is 0.357 e. The summed E-state index contributed by atoms with van der Waals surface area (Å²) in [5, 5.41) is 7.80. The third-order valence-corrected chi connectivity index (χ3v) is 4.88. The van der Waals surface area contributed by atoms with Crippen LogP contribution in [-0.4, -0.2) is 48.6 Å². The van der Waals surface area contributed by atoms with Crippen LogP contribution in [-0.2, 0) is 13.0 Å². The number of hydrogen-bond donors (Lipinski definition) is 2. The maximum Gasteiger partial charge on any atom is 0.191 e. The van der Waals surface area contributed by atoms with Gasteiger partial charge in [0.05, 0.1) is 6.54 Å². The maximum atomic E-state index is 4.63. The van der Waals surface area contributed by atoms with Gasteiger partial charge < -0.3 is 15.5 Å². The van der Waals surface area contributed by atoms with Crippen LogP contribution in [0, 0.1) is 0 Å². The predicted octanol–water partition coefficient (Wildman–Crippen LogP) is 2.88. The second-order valence-electron chi connectivity index (χ2n) is 5.43.